The van der Waals surface area contributed by atoms with E-state index in [-0.39, 0.29) is 0 Å². The van der Waals surface area contributed by atoms with Gasteiger partial charge in [-0.25, -0.2) is 0 Å². The number of nitrogens with zero attached hydrogens (tertiary/aromatic N) is 2. The van der Waals surface area contributed by atoms with Gasteiger partial charge in [0, 0.05) is 31.4 Å². The molecule has 0 N–H and O–H groups in total. The number of likely N-dealkylation sites (tertiary alicyclic amines) is 1. The maximum atomic E-state index is 2.70. The number of hydrogen-bond donors (Lipinski definition) is 0. The van der Waals surface area contributed by atoms with E-state index in [2.05, 4.69) is 47.9 Å². The molecule has 2 aliphatic rings. The van der Waals surface area contributed by atoms with Crippen LogP contribution in [0.5, 0.6) is 0 Å². The summed E-state index contributed by atoms with van der Waals surface area (Å²) in [7, 11) is 0. The quantitative estimate of drug-likeness (QED) is 0.821. The molecular formula is C17H26N2. The molecule has 3 rings (SSSR count). The van der Waals surface area contributed by atoms with Crippen LogP contribution in [0.15, 0.2) is 24.3 Å². The Balaban J connectivity index is 1.58. The average molecular weight is 258 g/mol. The molecule has 0 aromatic heterocycles. The minimum atomic E-state index is 0.813. The van der Waals surface area contributed by atoms with Gasteiger partial charge in [-0.1, -0.05) is 12.1 Å². The molecule has 0 aliphatic carbocycles. The largest absolute Gasteiger partial charge is 0.371 e. The van der Waals surface area contributed by atoms with Crippen molar-refractivity contribution < 1.29 is 0 Å². The van der Waals surface area contributed by atoms with E-state index in [0.717, 1.165) is 12.0 Å². The van der Waals surface area contributed by atoms with Crippen molar-refractivity contribution in [3.8, 4) is 0 Å². The van der Waals surface area contributed by atoms with Crippen LogP contribution in [-0.2, 0) is 0 Å². The van der Waals surface area contributed by atoms with Gasteiger partial charge >= 0.3 is 0 Å². The Kier molecular flexibility index (Phi) is 3.79. The molecule has 2 unspecified atom stereocenters. The normalized spacial score (nSPS) is 28.2. The molecular weight excluding hydrogens is 232 g/mol. The van der Waals surface area contributed by atoms with Crippen LogP contribution in [0.1, 0.15) is 31.7 Å². The van der Waals surface area contributed by atoms with E-state index >= 15 is 0 Å². The van der Waals surface area contributed by atoms with Gasteiger partial charge < -0.3 is 9.80 Å². The van der Waals surface area contributed by atoms with Gasteiger partial charge in [-0.3, -0.25) is 0 Å². The molecule has 1 aromatic rings. The third kappa shape index (κ3) is 2.94. The van der Waals surface area contributed by atoms with E-state index in [4.69, 9.17) is 0 Å². The fourth-order valence-corrected chi connectivity index (χ4v) is 3.64. The SMILES string of the molecule is Cc1cccc(N2CCC(CN3CCCC3C)C2)c1. The highest BCUT2D eigenvalue weighted by Crippen LogP contribution is 2.27. The molecule has 19 heavy (non-hydrogen) atoms. The van der Waals surface area contributed by atoms with Gasteiger partial charge in [0.1, 0.15) is 0 Å². The van der Waals surface area contributed by atoms with Crippen molar-refractivity contribution in [2.24, 2.45) is 5.92 Å². The molecule has 0 bridgehead atoms. The summed E-state index contributed by atoms with van der Waals surface area (Å²) < 4.78 is 0. The van der Waals surface area contributed by atoms with Crippen LogP contribution >= 0.6 is 0 Å². The third-order valence-corrected chi connectivity index (χ3v) is 4.84. The van der Waals surface area contributed by atoms with E-state index in [1.54, 1.807) is 0 Å². The molecule has 2 heteroatoms. The van der Waals surface area contributed by atoms with Crippen molar-refractivity contribution in [1.29, 1.82) is 0 Å². The Morgan fingerprint density at radius 3 is 2.84 bits per heavy atom. The fourth-order valence-electron chi connectivity index (χ4n) is 3.64. The molecule has 0 spiro atoms. The maximum Gasteiger partial charge on any atom is 0.0368 e. The van der Waals surface area contributed by atoms with E-state index < -0.39 is 0 Å². The summed E-state index contributed by atoms with van der Waals surface area (Å²) in [5.41, 5.74) is 2.78. The van der Waals surface area contributed by atoms with E-state index in [0.29, 0.717) is 0 Å². The lowest BCUT2D eigenvalue weighted by atomic mass is 10.1. The smallest absolute Gasteiger partial charge is 0.0368 e. The molecule has 104 valence electrons. The topological polar surface area (TPSA) is 6.48 Å². The predicted molar refractivity (Wildman–Crippen MR) is 81.8 cm³/mol. The van der Waals surface area contributed by atoms with Crippen LogP contribution in [0.3, 0.4) is 0 Å². The average Bonchev–Trinajstić information content (AvgIpc) is 3.00. The maximum absolute atomic E-state index is 2.70. The molecule has 2 saturated heterocycles. The van der Waals surface area contributed by atoms with Crippen LogP contribution in [0.25, 0.3) is 0 Å². The molecule has 2 heterocycles. The zero-order valence-corrected chi connectivity index (χ0v) is 12.3. The first-order valence-corrected chi connectivity index (χ1v) is 7.78. The van der Waals surface area contributed by atoms with Crippen molar-refractivity contribution in [2.45, 2.75) is 39.2 Å². The standard InChI is InChI=1S/C17H26N2/c1-14-5-3-7-17(11-14)19-10-8-16(13-19)12-18-9-4-6-15(18)2/h3,5,7,11,15-16H,4,6,8-10,12-13H2,1-2H3. The first-order chi connectivity index (χ1) is 9.22. The number of anilines is 1. The van der Waals surface area contributed by atoms with Crippen molar-refractivity contribution >= 4 is 5.69 Å². The number of hydrogen-bond acceptors (Lipinski definition) is 2. The summed E-state index contributed by atoms with van der Waals surface area (Å²) in [5, 5.41) is 0. The predicted octanol–water partition coefficient (Wildman–Crippen LogP) is 3.31. The van der Waals surface area contributed by atoms with Crippen LogP contribution in [0, 0.1) is 12.8 Å². The van der Waals surface area contributed by atoms with Crippen LogP contribution < -0.4 is 4.90 Å². The molecule has 0 saturated carbocycles. The summed E-state index contributed by atoms with van der Waals surface area (Å²) >= 11 is 0. The van der Waals surface area contributed by atoms with Crippen LogP contribution in [0.4, 0.5) is 5.69 Å². The van der Waals surface area contributed by atoms with Crippen molar-refractivity contribution in [3.05, 3.63) is 29.8 Å². The summed E-state index contributed by atoms with van der Waals surface area (Å²) in [4.78, 5) is 5.27. The lowest BCUT2D eigenvalue weighted by Gasteiger charge is -2.25. The monoisotopic (exact) mass is 258 g/mol. The van der Waals surface area contributed by atoms with E-state index in [9.17, 15) is 0 Å². The van der Waals surface area contributed by atoms with Crippen LogP contribution in [-0.4, -0.2) is 37.1 Å². The number of rotatable bonds is 3. The first kappa shape index (κ1) is 13.0. The van der Waals surface area contributed by atoms with Gasteiger partial charge in [-0.2, -0.15) is 0 Å². The van der Waals surface area contributed by atoms with Crippen LogP contribution in [0.2, 0.25) is 0 Å². The molecule has 2 fully saturated rings. The second-order valence-electron chi connectivity index (χ2n) is 6.43. The van der Waals surface area contributed by atoms with E-state index in [1.165, 1.54) is 56.7 Å². The zero-order valence-electron chi connectivity index (χ0n) is 12.3. The van der Waals surface area contributed by atoms with Crippen molar-refractivity contribution in [1.82, 2.24) is 4.90 Å². The fraction of sp³-hybridized carbons (Fsp3) is 0.647. The lowest BCUT2D eigenvalue weighted by Crippen LogP contribution is -2.33. The Bertz CT molecular complexity index is 429. The van der Waals surface area contributed by atoms with E-state index in [1.807, 2.05) is 0 Å². The highest BCUT2D eigenvalue weighted by atomic mass is 15.2. The Morgan fingerprint density at radius 2 is 2.11 bits per heavy atom. The van der Waals surface area contributed by atoms with Gasteiger partial charge in [0.05, 0.1) is 0 Å². The van der Waals surface area contributed by atoms with Gasteiger partial charge in [0.2, 0.25) is 0 Å². The van der Waals surface area contributed by atoms with Gasteiger partial charge in [-0.05, 0) is 63.3 Å². The highest BCUT2D eigenvalue weighted by Gasteiger charge is 2.28. The first-order valence-electron chi connectivity index (χ1n) is 7.78. The van der Waals surface area contributed by atoms with Gasteiger partial charge in [0.15, 0.2) is 0 Å². The lowest BCUT2D eigenvalue weighted by molar-refractivity contribution is 0.233. The molecule has 2 nitrogen and oxygen atoms in total. The molecule has 0 amide bonds. The Hall–Kier alpha value is -1.02. The summed E-state index contributed by atoms with van der Waals surface area (Å²) in [5.74, 6) is 0.862. The Labute approximate surface area is 117 Å². The number of aryl methyl sites for hydroxylation is 1. The summed E-state index contributed by atoms with van der Waals surface area (Å²) in [6.07, 6.45) is 4.15. The minimum absolute atomic E-state index is 0.813. The van der Waals surface area contributed by atoms with Crippen molar-refractivity contribution in [3.63, 3.8) is 0 Å². The third-order valence-electron chi connectivity index (χ3n) is 4.84. The molecule has 0 radical (unpaired) electrons. The van der Waals surface area contributed by atoms with Gasteiger partial charge in [0.25, 0.3) is 0 Å². The second-order valence-corrected chi connectivity index (χ2v) is 6.43. The molecule has 1 aromatic carbocycles. The summed E-state index contributed by atoms with van der Waals surface area (Å²) in [6.45, 7) is 9.68. The summed E-state index contributed by atoms with van der Waals surface area (Å²) in [6, 6.07) is 9.76. The molecule has 2 aliphatic heterocycles. The molecule has 2 atom stereocenters. The highest BCUT2D eigenvalue weighted by molar-refractivity contribution is 5.49. The van der Waals surface area contributed by atoms with Crippen molar-refractivity contribution in [2.75, 3.05) is 31.1 Å². The number of benzene rings is 1. The second kappa shape index (κ2) is 5.54. The minimum Gasteiger partial charge on any atom is -0.371 e. The Morgan fingerprint density at radius 1 is 1.21 bits per heavy atom. The zero-order chi connectivity index (χ0) is 13.2. The van der Waals surface area contributed by atoms with Gasteiger partial charge in [-0.15, -0.1) is 0 Å².